The van der Waals surface area contributed by atoms with Gasteiger partial charge < -0.3 is 15.0 Å². The van der Waals surface area contributed by atoms with Gasteiger partial charge in [-0.15, -0.1) is 0 Å². The fourth-order valence-electron chi connectivity index (χ4n) is 3.17. The third-order valence-corrected chi connectivity index (χ3v) is 4.21. The van der Waals surface area contributed by atoms with Crippen molar-refractivity contribution in [2.75, 3.05) is 33.7 Å². The Kier molecular flexibility index (Phi) is 4.83. The highest BCUT2D eigenvalue weighted by Crippen LogP contribution is 2.41. The summed E-state index contributed by atoms with van der Waals surface area (Å²) >= 11 is 0. The van der Waals surface area contributed by atoms with E-state index in [1.54, 1.807) is 0 Å². The molecule has 1 N–H and O–H groups in total. The van der Waals surface area contributed by atoms with E-state index in [1.807, 2.05) is 0 Å². The summed E-state index contributed by atoms with van der Waals surface area (Å²) in [6, 6.07) is 0. The van der Waals surface area contributed by atoms with E-state index < -0.39 is 0 Å². The molecule has 2 fully saturated rings. The van der Waals surface area contributed by atoms with Crippen molar-refractivity contribution in [1.82, 2.24) is 10.2 Å². The fraction of sp³-hybridized carbons (Fsp3) is 1.00. The molecule has 1 aliphatic carbocycles. The Labute approximate surface area is 106 Å². The van der Waals surface area contributed by atoms with Crippen molar-refractivity contribution >= 4 is 0 Å². The number of hydrogen-bond donors (Lipinski definition) is 1. The Hall–Kier alpha value is -0.120. The van der Waals surface area contributed by atoms with Gasteiger partial charge in [-0.25, -0.2) is 0 Å². The Balaban J connectivity index is 1.64. The number of hydrogen-bond acceptors (Lipinski definition) is 3. The zero-order valence-electron chi connectivity index (χ0n) is 11.5. The van der Waals surface area contributed by atoms with Gasteiger partial charge in [0.05, 0.1) is 11.7 Å². The van der Waals surface area contributed by atoms with Gasteiger partial charge in [0.25, 0.3) is 0 Å². The van der Waals surface area contributed by atoms with Crippen LogP contribution in [-0.4, -0.2) is 50.3 Å². The van der Waals surface area contributed by atoms with Crippen LogP contribution in [0, 0.1) is 0 Å². The fourth-order valence-corrected chi connectivity index (χ4v) is 3.17. The normalized spacial score (nSPS) is 28.1. The van der Waals surface area contributed by atoms with Crippen LogP contribution in [0.25, 0.3) is 0 Å². The van der Waals surface area contributed by atoms with Crippen LogP contribution in [0.4, 0.5) is 0 Å². The van der Waals surface area contributed by atoms with Crippen molar-refractivity contribution < 1.29 is 4.74 Å². The molecule has 1 atom stereocenters. The van der Waals surface area contributed by atoms with E-state index >= 15 is 0 Å². The second kappa shape index (κ2) is 6.17. The van der Waals surface area contributed by atoms with Gasteiger partial charge in [-0.3, -0.25) is 0 Å². The van der Waals surface area contributed by atoms with Crippen molar-refractivity contribution in [2.45, 2.75) is 56.7 Å². The minimum atomic E-state index is 0.284. The van der Waals surface area contributed by atoms with Crippen molar-refractivity contribution in [3.05, 3.63) is 0 Å². The van der Waals surface area contributed by atoms with E-state index in [0.29, 0.717) is 6.10 Å². The summed E-state index contributed by atoms with van der Waals surface area (Å²) in [4.78, 5) is 2.21. The molecule has 2 rings (SSSR count). The highest BCUT2D eigenvalue weighted by molar-refractivity contribution is 4.91. The van der Waals surface area contributed by atoms with Gasteiger partial charge in [-0.05, 0) is 39.8 Å². The molecule has 100 valence electrons. The van der Waals surface area contributed by atoms with Crippen LogP contribution >= 0.6 is 0 Å². The van der Waals surface area contributed by atoms with E-state index in [1.165, 1.54) is 44.9 Å². The predicted octanol–water partition coefficient (Wildman–Crippen LogP) is 2.02. The molecule has 0 bridgehead atoms. The Morgan fingerprint density at radius 3 is 2.65 bits per heavy atom. The van der Waals surface area contributed by atoms with Crippen molar-refractivity contribution in [3.63, 3.8) is 0 Å². The molecule has 1 saturated heterocycles. The minimum Gasteiger partial charge on any atom is -0.370 e. The number of nitrogens with zero attached hydrogens (tertiary/aromatic N) is 1. The van der Waals surface area contributed by atoms with Crippen molar-refractivity contribution in [2.24, 2.45) is 0 Å². The van der Waals surface area contributed by atoms with Crippen molar-refractivity contribution in [1.29, 1.82) is 0 Å². The van der Waals surface area contributed by atoms with Crippen LogP contribution in [0.2, 0.25) is 0 Å². The molecule has 0 aromatic carbocycles. The van der Waals surface area contributed by atoms with Gasteiger partial charge in [0.2, 0.25) is 0 Å². The van der Waals surface area contributed by atoms with Crippen molar-refractivity contribution in [3.8, 4) is 0 Å². The Morgan fingerprint density at radius 1 is 1.18 bits per heavy atom. The third-order valence-electron chi connectivity index (χ3n) is 4.21. The molecule has 3 heteroatoms. The van der Waals surface area contributed by atoms with Crippen LogP contribution in [0.15, 0.2) is 0 Å². The van der Waals surface area contributed by atoms with Gasteiger partial charge in [0.1, 0.15) is 0 Å². The molecule has 0 aromatic heterocycles. The van der Waals surface area contributed by atoms with Gasteiger partial charge in [-0.1, -0.05) is 19.3 Å². The summed E-state index contributed by atoms with van der Waals surface area (Å²) in [5, 5.41) is 3.51. The van der Waals surface area contributed by atoms with Crippen LogP contribution in [0.3, 0.4) is 0 Å². The maximum absolute atomic E-state index is 6.32. The lowest BCUT2D eigenvalue weighted by molar-refractivity contribution is -0.0623. The van der Waals surface area contributed by atoms with Crippen LogP contribution in [-0.2, 0) is 4.74 Å². The highest BCUT2D eigenvalue weighted by atomic mass is 16.5. The average molecular weight is 240 g/mol. The molecular weight excluding hydrogens is 212 g/mol. The smallest absolute Gasteiger partial charge is 0.0708 e. The Bertz CT molecular complexity index is 224. The molecule has 0 aromatic rings. The molecule has 17 heavy (non-hydrogen) atoms. The standard InChI is InChI=1S/C14H28N2O/c1-16(2)11-10-15-12-13-6-9-14(17-13)7-4-3-5-8-14/h13,15H,3-12H2,1-2H3. The van der Waals surface area contributed by atoms with Gasteiger partial charge >= 0.3 is 0 Å². The molecule has 0 radical (unpaired) electrons. The van der Waals surface area contributed by atoms with Gasteiger partial charge in [0, 0.05) is 19.6 Å². The lowest BCUT2D eigenvalue weighted by Gasteiger charge is -2.33. The molecule has 1 aliphatic heterocycles. The molecule has 1 heterocycles. The predicted molar refractivity (Wildman–Crippen MR) is 71.3 cm³/mol. The topological polar surface area (TPSA) is 24.5 Å². The molecule has 3 nitrogen and oxygen atoms in total. The highest BCUT2D eigenvalue weighted by Gasteiger charge is 2.40. The molecular formula is C14H28N2O. The summed E-state index contributed by atoms with van der Waals surface area (Å²) in [6.07, 6.45) is 9.80. The lowest BCUT2D eigenvalue weighted by Crippen LogP contribution is -2.36. The molecule has 1 unspecified atom stereocenters. The number of likely N-dealkylation sites (N-methyl/N-ethyl adjacent to an activating group) is 1. The third kappa shape index (κ3) is 3.94. The van der Waals surface area contributed by atoms with E-state index in [0.717, 1.165) is 19.6 Å². The van der Waals surface area contributed by atoms with Crippen LogP contribution in [0.1, 0.15) is 44.9 Å². The van der Waals surface area contributed by atoms with Gasteiger partial charge in [-0.2, -0.15) is 0 Å². The monoisotopic (exact) mass is 240 g/mol. The van der Waals surface area contributed by atoms with Crippen LogP contribution in [0.5, 0.6) is 0 Å². The lowest BCUT2D eigenvalue weighted by atomic mass is 9.83. The van der Waals surface area contributed by atoms with E-state index in [-0.39, 0.29) is 5.60 Å². The number of ether oxygens (including phenoxy) is 1. The largest absolute Gasteiger partial charge is 0.370 e. The second-order valence-electron chi connectivity index (χ2n) is 6.03. The molecule has 1 spiro atoms. The Morgan fingerprint density at radius 2 is 1.94 bits per heavy atom. The maximum atomic E-state index is 6.32. The second-order valence-corrected chi connectivity index (χ2v) is 6.03. The summed E-state index contributed by atoms with van der Waals surface area (Å²) in [7, 11) is 4.23. The van der Waals surface area contributed by atoms with E-state index in [2.05, 4.69) is 24.3 Å². The first-order chi connectivity index (χ1) is 8.20. The molecule has 2 aliphatic rings. The van der Waals surface area contributed by atoms with E-state index in [4.69, 9.17) is 4.74 Å². The first kappa shape index (κ1) is 13.3. The SMILES string of the molecule is CN(C)CCNCC1CCC2(CCCCC2)O1. The zero-order valence-corrected chi connectivity index (χ0v) is 11.5. The molecule has 0 amide bonds. The zero-order chi connectivity index (χ0) is 12.1. The summed E-state index contributed by atoms with van der Waals surface area (Å²) in [5.41, 5.74) is 0.284. The number of nitrogens with one attached hydrogen (secondary N) is 1. The first-order valence-electron chi connectivity index (χ1n) is 7.23. The maximum Gasteiger partial charge on any atom is 0.0708 e. The first-order valence-corrected chi connectivity index (χ1v) is 7.23. The summed E-state index contributed by atoms with van der Waals surface area (Å²) < 4.78 is 6.32. The summed E-state index contributed by atoms with van der Waals surface area (Å²) in [5.74, 6) is 0. The minimum absolute atomic E-state index is 0.284. The van der Waals surface area contributed by atoms with Gasteiger partial charge in [0.15, 0.2) is 0 Å². The van der Waals surface area contributed by atoms with E-state index in [9.17, 15) is 0 Å². The average Bonchev–Trinajstić information content (AvgIpc) is 2.69. The molecule has 1 saturated carbocycles. The quantitative estimate of drug-likeness (QED) is 0.744. The summed E-state index contributed by atoms with van der Waals surface area (Å²) in [6.45, 7) is 3.22. The number of rotatable bonds is 5. The van der Waals surface area contributed by atoms with Crippen LogP contribution < -0.4 is 5.32 Å².